The molecule has 0 aliphatic heterocycles. The van der Waals surface area contributed by atoms with Crippen molar-refractivity contribution in [1.82, 2.24) is 19.5 Å². The molecule has 7 nitrogen and oxygen atoms in total. The highest BCUT2D eigenvalue weighted by Crippen LogP contribution is 2.43. The zero-order valence-electron chi connectivity index (χ0n) is 12.8. The highest BCUT2D eigenvalue weighted by molar-refractivity contribution is 5.77. The molecule has 0 N–H and O–H groups in total. The monoisotopic (exact) mass is 300 g/mol. The second-order valence-corrected chi connectivity index (χ2v) is 4.64. The Balaban J connectivity index is 2.23. The number of rotatable bonds is 4. The van der Waals surface area contributed by atoms with Gasteiger partial charge >= 0.3 is 0 Å². The van der Waals surface area contributed by atoms with Crippen LogP contribution < -0.4 is 14.2 Å². The number of aryl methyl sites for hydroxylation is 1. The molecule has 114 valence electrons. The molecule has 0 atom stereocenters. The Morgan fingerprint density at radius 1 is 0.955 bits per heavy atom. The van der Waals surface area contributed by atoms with Crippen molar-refractivity contribution in [1.29, 1.82) is 0 Å². The molecular weight excluding hydrogens is 284 g/mol. The lowest BCUT2D eigenvalue weighted by Gasteiger charge is -2.15. The smallest absolute Gasteiger partial charge is 0.204 e. The molecule has 0 aliphatic rings. The third-order valence-corrected chi connectivity index (χ3v) is 3.40. The van der Waals surface area contributed by atoms with E-state index in [1.807, 2.05) is 17.7 Å². The van der Waals surface area contributed by atoms with E-state index < -0.39 is 0 Å². The molecule has 0 spiro atoms. The first kappa shape index (κ1) is 14.1. The Morgan fingerprint density at radius 2 is 1.73 bits per heavy atom. The first-order valence-corrected chi connectivity index (χ1v) is 6.63. The average molecular weight is 300 g/mol. The van der Waals surface area contributed by atoms with Gasteiger partial charge in [0.2, 0.25) is 5.75 Å². The topological polar surface area (TPSA) is 71.3 Å². The number of imidazole rings is 1. The van der Waals surface area contributed by atoms with E-state index in [0.29, 0.717) is 23.1 Å². The van der Waals surface area contributed by atoms with E-state index in [1.165, 1.54) is 0 Å². The van der Waals surface area contributed by atoms with Gasteiger partial charge in [-0.25, -0.2) is 15.0 Å². The largest absolute Gasteiger partial charge is 0.493 e. The van der Waals surface area contributed by atoms with Gasteiger partial charge in [-0.2, -0.15) is 0 Å². The highest BCUT2D eigenvalue weighted by Gasteiger charge is 2.19. The summed E-state index contributed by atoms with van der Waals surface area (Å²) in [4.78, 5) is 13.1. The normalized spacial score (nSPS) is 10.7. The summed E-state index contributed by atoms with van der Waals surface area (Å²) < 4.78 is 18.0. The maximum atomic E-state index is 5.48. The minimum absolute atomic E-state index is 0.510. The quantitative estimate of drug-likeness (QED) is 0.734. The number of aromatic nitrogens is 4. The van der Waals surface area contributed by atoms with Gasteiger partial charge in [0.15, 0.2) is 23.0 Å². The van der Waals surface area contributed by atoms with E-state index in [-0.39, 0.29) is 0 Å². The fourth-order valence-electron chi connectivity index (χ4n) is 2.33. The lowest BCUT2D eigenvalue weighted by atomic mass is 10.1. The standard InChI is InChI=1S/C15H16N4O3/c1-19-8-17-10-7-16-14(18-15(10)19)9-5-6-11(20-2)13(22-4)12(9)21-3/h5-8H,1-4H3. The van der Waals surface area contributed by atoms with Crippen LogP contribution in [-0.4, -0.2) is 40.8 Å². The predicted molar refractivity (Wildman–Crippen MR) is 81.4 cm³/mol. The van der Waals surface area contributed by atoms with E-state index in [9.17, 15) is 0 Å². The predicted octanol–water partition coefficient (Wildman–Crippen LogP) is 2.06. The summed E-state index contributed by atoms with van der Waals surface area (Å²) in [6, 6.07) is 3.64. The van der Waals surface area contributed by atoms with Crippen LogP contribution >= 0.6 is 0 Å². The van der Waals surface area contributed by atoms with Gasteiger partial charge in [0.1, 0.15) is 5.52 Å². The summed E-state index contributed by atoms with van der Waals surface area (Å²) in [7, 11) is 6.60. The molecule has 3 aromatic rings. The molecule has 0 unspecified atom stereocenters. The molecule has 0 saturated carbocycles. The maximum Gasteiger partial charge on any atom is 0.204 e. The Hall–Kier alpha value is -2.83. The molecule has 2 aromatic heterocycles. The molecule has 0 bridgehead atoms. The minimum Gasteiger partial charge on any atom is -0.493 e. The SMILES string of the molecule is COc1ccc(-c2ncc3ncn(C)c3n2)c(OC)c1OC. The zero-order chi connectivity index (χ0) is 15.7. The van der Waals surface area contributed by atoms with Gasteiger partial charge < -0.3 is 18.8 Å². The number of ether oxygens (including phenoxy) is 3. The zero-order valence-corrected chi connectivity index (χ0v) is 12.8. The van der Waals surface area contributed by atoms with Gasteiger partial charge in [0.25, 0.3) is 0 Å². The number of fused-ring (bicyclic) bond motifs is 1. The second kappa shape index (κ2) is 5.51. The average Bonchev–Trinajstić information content (AvgIpc) is 2.93. The number of nitrogens with zero attached hydrogens (tertiary/aromatic N) is 4. The third-order valence-electron chi connectivity index (χ3n) is 3.40. The van der Waals surface area contributed by atoms with Crippen LogP contribution in [0.4, 0.5) is 0 Å². The van der Waals surface area contributed by atoms with Gasteiger partial charge in [-0.1, -0.05) is 0 Å². The third kappa shape index (κ3) is 2.11. The second-order valence-electron chi connectivity index (χ2n) is 4.64. The van der Waals surface area contributed by atoms with Gasteiger partial charge in [-0.15, -0.1) is 0 Å². The van der Waals surface area contributed by atoms with Crippen molar-refractivity contribution in [2.75, 3.05) is 21.3 Å². The van der Waals surface area contributed by atoms with E-state index in [2.05, 4.69) is 15.0 Å². The summed E-state index contributed by atoms with van der Waals surface area (Å²) in [6.07, 6.45) is 3.39. The van der Waals surface area contributed by atoms with Crippen molar-refractivity contribution >= 4 is 11.2 Å². The van der Waals surface area contributed by atoms with E-state index in [1.54, 1.807) is 39.9 Å². The van der Waals surface area contributed by atoms with E-state index in [0.717, 1.165) is 16.7 Å². The number of benzene rings is 1. The van der Waals surface area contributed by atoms with Crippen LogP contribution in [-0.2, 0) is 7.05 Å². The van der Waals surface area contributed by atoms with Crippen molar-refractivity contribution in [3.63, 3.8) is 0 Å². The van der Waals surface area contributed by atoms with Crippen molar-refractivity contribution in [3.05, 3.63) is 24.7 Å². The molecule has 0 fully saturated rings. The summed E-state index contributed by atoms with van der Waals surface area (Å²) in [5.74, 6) is 2.16. The molecule has 0 aliphatic carbocycles. The van der Waals surface area contributed by atoms with Crippen LogP contribution in [0.2, 0.25) is 0 Å². The number of hydrogen-bond donors (Lipinski definition) is 0. The lowest BCUT2D eigenvalue weighted by Crippen LogP contribution is -1.99. The van der Waals surface area contributed by atoms with Crippen LogP contribution in [0, 0.1) is 0 Å². The Morgan fingerprint density at radius 3 is 2.41 bits per heavy atom. The first-order valence-electron chi connectivity index (χ1n) is 6.63. The molecule has 0 amide bonds. The molecule has 0 radical (unpaired) electrons. The van der Waals surface area contributed by atoms with Crippen molar-refractivity contribution in [2.24, 2.45) is 7.05 Å². The highest BCUT2D eigenvalue weighted by atomic mass is 16.5. The van der Waals surface area contributed by atoms with E-state index in [4.69, 9.17) is 14.2 Å². The van der Waals surface area contributed by atoms with Crippen molar-refractivity contribution in [3.8, 4) is 28.6 Å². The van der Waals surface area contributed by atoms with Gasteiger partial charge in [-0.05, 0) is 12.1 Å². The van der Waals surface area contributed by atoms with Gasteiger partial charge in [0.05, 0.1) is 39.4 Å². The fraction of sp³-hybridized carbons (Fsp3) is 0.267. The molecule has 7 heteroatoms. The number of methoxy groups -OCH3 is 3. The molecule has 2 heterocycles. The maximum absolute atomic E-state index is 5.48. The summed E-state index contributed by atoms with van der Waals surface area (Å²) in [6.45, 7) is 0. The van der Waals surface area contributed by atoms with Gasteiger partial charge in [-0.3, -0.25) is 0 Å². The van der Waals surface area contributed by atoms with Crippen LogP contribution in [0.15, 0.2) is 24.7 Å². The minimum atomic E-state index is 0.510. The number of hydrogen-bond acceptors (Lipinski definition) is 6. The molecule has 3 rings (SSSR count). The van der Waals surface area contributed by atoms with Crippen LogP contribution in [0.25, 0.3) is 22.6 Å². The summed E-state index contributed by atoms with van der Waals surface area (Å²) in [5.41, 5.74) is 2.22. The molecule has 1 aromatic carbocycles. The molecule has 0 saturated heterocycles. The van der Waals surface area contributed by atoms with Crippen LogP contribution in [0.5, 0.6) is 17.2 Å². The molecular formula is C15H16N4O3. The summed E-state index contributed by atoms with van der Waals surface area (Å²) >= 11 is 0. The Labute approximate surface area is 127 Å². The summed E-state index contributed by atoms with van der Waals surface area (Å²) in [5, 5.41) is 0. The Bertz CT molecular complexity index is 829. The van der Waals surface area contributed by atoms with Crippen molar-refractivity contribution in [2.45, 2.75) is 0 Å². The van der Waals surface area contributed by atoms with Crippen LogP contribution in [0.1, 0.15) is 0 Å². The van der Waals surface area contributed by atoms with Crippen LogP contribution in [0.3, 0.4) is 0 Å². The van der Waals surface area contributed by atoms with E-state index >= 15 is 0 Å². The lowest BCUT2D eigenvalue weighted by molar-refractivity contribution is 0.325. The van der Waals surface area contributed by atoms with Gasteiger partial charge in [0, 0.05) is 7.05 Å². The van der Waals surface area contributed by atoms with Crippen molar-refractivity contribution < 1.29 is 14.2 Å². The Kier molecular flexibility index (Phi) is 3.54. The molecule has 22 heavy (non-hydrogen) atoms. The fourth-order valence-corrected chi connectivity index (χ4v) is 2.33. The first-order chi connectivity index (χ1) is 10.7.